The standard InChI is InChI=1S/C17H19N5O2/c1-12-4-5-15-16(20-12)21-17(24-15)22-8-7-19-9-13(22)11-23-14-3-2-6-18-10-14/h2-6,10,13,19H,7-9,11H2,1H3. The number of hydrogen-bond donors (Lipinski definition) is 1. The monoisotopic (exact) mass is 325 g/mol. The van der Waals surface area contributed by atoms with E-state index < -0.39 is 0 Å². The van der Waals surface area contributed by atoms with Crippen LogP contribution in [-0.2, 0) is 0 Å². The molecule has 0 amide bonds. The second-order valence-corrected chi connectivity index (χ2v) is 5.82. The highest BCUT2D eigenvalue weighted by Crippen LogP contribution is 2.23. The Morgan fingerprint density at radius 2 is 2.29 bits per heavy atom. The molecular formula is C17H19N5O2. The topological polar surface area (TPSA) is 76.3 Å². The van der Waals surface area contributed by atoms with Gasteiger partial charge in [0.2, 0.25) is 5.65 Å². The Bertz CT molecular complexity index is 820. The number of nitrogens with zero attached hydrogens (tertiary/aromatic N) is 4. The number of rotatable bonds is 4. The molecular weight excluding hydrogens is 306 g/mol. The molecule has 7 nitrogen and oxygen atoms in total. The number of aromatic nitrogens is 3. The molecule has 1 saturated heterocycles. The number of ether oxygens (including phenoxy) is 1. The van der Waals surface area contributed by atoms with Gasteiger partial charge in [0.1, 0.15) is 12.4 Å². The number of nitrogens with one attached hydrogen (secondary N) is 1. The van der Waals surface area contributed by atoms with Crippen molar-refractivity contribution in [3.05, 3.63) is 42.4 Å². The van der Waals surface area contributed by atoms with Crippen LogP contribution in [0.1, 0.15) is 5.69 Å². The quantitative estimate of drug-likeness (QED) is 0.783. The molecule has 24 heavy (non-hydrogen) atoms. The molecule has 0 radical (unpaired) electrons. The molecule has 0 aromatic carbocycles. The van der Waals surface area contributed by atoms with Crippen LogP contribution in [0.5, 0.6) is 5.75 Å². The number of pyridine rings is 2. The lowest BCUT2D eigenvalue weighted by molar-refractivity contribution is 0.261. The van der Waals surface area contributed by atoms with Gasteiger partial charge in [-0.05, 0) is 31.2 Å². The maximum Gasteiger partial charge on any atom is 0.300 e. The molecule has 4 rings (SSSR count). The second kappa shape index (κ2) is 6.45. The summed E-state index contributed by atoms with van der Waals surface area (Å²) in [6.07, 6.45) is 3.45. The van der Waals surface area contributed by atoms with Gasteiger partial charge in [-0.25, -0.2) is 4.98 Å². The van der Waals surface area contributed by atoms with Crippen LogP contribution in [-0.4, -0.2) is 47.2 Å². The van der Waals surface area contributed by atoms with Crippen LogP contribution in [0.4, 0.5) is 6.01 Å². The summed E-state index contributed by atoms with van der Waals surface area (Å²) in [4.78, 5) is 15.2. The van der Waals surface area contributed by atoms with Crippen molar-refractivity contribution >= 4 is 17.2 Å². The van der Waals surface area contributed by atoms with Crippen LogP contribution in [0.3, 0.4) is 0 Å². The molecule has 0 spiro atoms. The number of aryl methyl sites for hydroxylation is 1. The highest BCUT2D eigenvalue weighted by Gasteiger charge is 2.27. The number of fused-ring (bicyclic) bond motifs is 1. The average molecular weight is 325 g/mol. The molecule has 0 bridgehead atoms. The first-order chi connectivity index (χ1) is 11.8. The number of anilines is 1. The van der Waals surface area contributed by atoms with E-state index in [9.17, 15) is 0 Å². The SMILES string of the molecule is Cc1ccc2oc(N3CCNCC3COc3cccnc3)nc2n1. The third-order valence-electron chi connectivity index (χ3n) is 4.05. The molecule has 0 aliphatic carbocycles. The first-order valence-electron chi connectivity index (χ1n) is 8.04. The van der Waals surface area contributed by atoms with Gasteiger partial charge >= 0.3 is 0 Å². The molecule has 1 aliphatic rings. The molecule has 0 saturated carbocycles. The molecule has 1 atom stereocenters. The normalized spacial score (nSPS) is 18.0. The van der Waals surface area contributed by atoms with Crippen molar-refractivity contribution < 1.29 is 9.15 Å². The Balaban J connectivity index is 1.54. The Labute approximate surface area is 139 Å². The minimum atomic E-state index is 0.133. The summed E-state index contributed by atoms with van der Waals surface area (Å²) in [6.45, 7) is 4.99. The van der Waals surface area contributed by atoms with E-state index in [1.165, 1.54) is 0 Å². The minimum absolute atomic E-state index is 0.133. The molecule has 4 heterocycles. The van der Waals surface area contributed by atoms with Gasteiger partial charge in [0.05, 0.1) is 12.2 Å². The highest BCUT2D eigenvalue weighted by atomic mass is 16.5. The van der Waals surface area contributed by atoms with Crippen LogP contribution in [0.2, 0.25) is 0 Å². The molecule has 3 aromatic rings. The summed E-state index contributed by atoms with van der Waals surface area (Å²) >= 11 is 0. The van der Waals surface area contributed by atoms with Crippen LogP contribution in [0.15, 0.2) is 41.1 Å². The predicted molar refractivity (Wildman–Crippen MR) is 90.3 cm³/mol. The lowest BCUT2D eigenvalue weighted by Crippen LogP contribution is -2.54. The first kappa shape index (κ1) is 14.9. The smallest absolute Gasteiger partial charge is 0.300 e. The molecule has 1 N–H and O–H groups in total. The third-order valence-corrected chi connectivity index (χ3v) is 4.05. The van der Waals surface area contributed by atoms with E-state index in [1.54, 1.807) is 12.4 Å². The fourth-order valence-electron chi connectivity index (χ4n) is 2.81. The molecule has 1 fully saturated rings. The van der Waals surface area contributed by atoms with E-state index >= 15 is 0 Å². The van der Waals surface area contributed by atoms with Crippen LogP contribution in [0.25, 0.3) is 11.2 Å². The highest BCUT2D eigenvalue weighted by molar-refractivity contribution is 5.70. The largest absolute Gasteiger partial charge is 0.490 e. The zero-order valence-electron chi connectivity index (χ0n) is 13.5. The minimum Gasteiger partial charge on any atom is -0.490 e. The maximum absolute atomic E-state index is 5.90. The van der Waals surface area contributed by atoms with Gasteiger partial charge in [-0.2, -0.15) is 4.98 Å². The van der Waals surface area contributed by atoms with Gasteiger partial charge in [0.25, 0.3) is 6.01 Å². The zero-order chi connectivity index (χ0) is 16.4. The lowest BCUT2D eigenvalue weighted by Gasteiger charge is -2.34. The van der Waals surface area contributed by atoms with Crippen molar-refractivity contribution in [1.29, 1.82) is 0 Å². The van der Waals surface area contributed by atoms with Gasteiger partial charge in [-0.1, -0.05) is 0 Å². The first-order valence-corrected chi connectivity index (χ1v) is 8.04. The van der Waals surface area contributed by atoms with Crippen molar-refractivity contribution in [3.63, 3.8) is 0 Å². The molecule has 124 valence electrons. The Morgan fingerprint density at radius 3 is 3.17 bits per heavy atom. The number of piperazine rings is 1. The van der Waals surface area contributed by atoms with Crippen LogP contribution >= 0.6 is 0 Å². The second-order valence-electron chi connectivity index (χ2n) is 5.82. The summed E-state index contributed by atoms with van der Waals surface area (Å²) < 4.78 is 11.8. The molecule has 7 heteroatoms. The van der Waals surface area contributed by atoms with Crippen LogP contribution < -0.4 is 15.0 Å². The molecule has 1 unspecified atom stereocenters. The van der Waals surface area contributed by atoms with Gasteiger partial charge in [0, 0.05) is 31.5 Å². The lowest BCUT2D eigenvalue weighted by atomic mass is 10.2. The summed E-state index contributed by atoms with van der Waals surface area (Å²) in [7, 11) is 0. The Hall–Kier alpha value is -2.67. The van der Waals surface area contributed by atoms with Gasteiger partial charge in [0.15, 0.2) is 5.58 Å². The van der Waals surface area contributed by atoms with Gasteiger partial charge in [-0.3, -0.25) is 4.98 Å². The average Bonchev–Trinajstić information content (AvgIpc) is 3.04. The number of oxazole rings is 1. The van der Waals surface area contributed by atoms with Crippen molar-refractivity contribution in [3.8, 4) is 5.75 Å². The van der Waals surface area contributed by atoms with E-state index in [-0.39, 0.29) is 6.04 Å². The van der Waals surface area contributed by atoms with Gasteiger partial charge in [-0.15, -0.1) is 0 Å². The van der Waals surface area contributed by atoms with Crippen molar-refractivity contribution in [2.45, 2.75) is 13.0 Å². The van der Waals surface area contributed by atoms with E-state index in [0.29, 0.717) is 23.9 Å². The fraction of sp³-hybridized carbons (Fsp3) is 0.353. The molecule has 3 aromatic heterocycles. The summed E-state index contributed by atoms with van der Waals surface area (Å²) in [6, 6.07) is 8.34. The third kappa shape index (κ3) is 3.03. The number of hydrogen-bond acceptors (Lipinski definition) is 7. The van der Waals surface area contributed by atoms with E-state index in [2.05, 4.69) is 25.2 Å². The zero-order valence-corrected chi connectivity index (χ0v) is 13.5. The van der Waals surface area contributed by atoms with Crippen molar-refractivity contribution in [2.24, 2.45) is 0 Å². The Morgan fingerprint density at radius 1 is 1.33 bits per heavy atom. The Kier molecular flexibility index (Phi) is 4.00. The van der Waals surface area contributed by atoms with E-state index in [0.717, 1.165) is 31.1 Å². The van der Waals surface area contributed by atoms with Gasteiger partial charge < -0.3 is 19.4 Å². The summed E-state index contributed by atoms with van der Waals surface area (Å²) in [5.41, 5.74) is 2.29. The van der Waals surface area contributed by atoms with E-state index in [1.807, 2.05) is 31.2 Å². The summed E-state index contributed by atoms with van der Waals surface area (Å²) in [5, 5.41) is 3.39. The molecule has 1 aliphatic heterocycles. The van der Waals surface area contributed by atoms with Crippen molar-refractivity contribution in [2.75, 3.05) is 31.1 Å². The van der Waals surface area contributed by atoms with E-state index in [4.69, 9.17) is 9.15 Å². The van der Waals surface area contributed by atoms with Crippen molar-refractivity contribution in [1.82, 2.24) is 20.3 Å². The maximum atomic E-state index is 5.90. The van der Waals surface area contributed by atoms with Crippen LogP contribution in [0, 0.1) is 6.92 Å². The predicted octanol–water partition coefficient (Wildman–Crippen LogP) is 1.78. The fourth-order valence-corrected chi connectivity index (χ4v) is 2.81. The summed E-state index contributed by atoms with van der Waals surface area (Å²) in [5.74, 6) is 0.762.